The number of halogens is 1. The van der Waals surface area contributed by atoms with Gasteiger partial charge in [0.15, 0.2) is 0 Å². The minimum absolute atomic E-state index is 0.0603. The van der Waals surface area contributed by atoms with E-state index in [4.69, 9.17) is 17.3 Å². The van der Waals surface area contributed by atoms with Crippen LogP contribution in [0.25, 0.3) is 10.9 Å². The van der Waals surface area contributed by atoms with Crippen molar-refractivity contribution < 1.29 is 8.42 Å². The largest absolute Gasteiger partial charge is 0.328 e. The van der Waals surface area contributed by atoms with E-state index < -0.39 is 10.0 Å². The van der Waals surface area contributed by atoms with Crippen molar-refractivity contribution in [2.75, 3.05) is 6.54 Å². The number of benzene rings is 1. The minimum Gasteiger partial charge on any atom is -0.328 e. The molecule has 3 rings (SSSR count). The van der Waals surface area contributed by atoms with Crippen molar-refractivity contribution in [3.8, 4) is 0 Å². The molecular weight excluding hydrogens is 322 g/mol. The molecule has 22 heavy (non-hydrogen) atoms. The van der Waals surface area contributed by atoms with Gasteiger partial charge in [-0.1, -0.05) is 11.6 Å². The summed E-state index contributed by atoms with van der Waals surface area (Å²) in [6, 6.07) is 6.54. The molecule has 2 unspecified atom stereocenters. The fourth-order valence-electron chi connectivity index (χ4n) is 3.01. The number of nitrogens with two attached hydrogens (primary N) is 1. The maximum Gasteiger partial charge on any atom is 0.243 e. The molecule has 1 saturated heterocycles. The Morgan fingerprint density at radius 3 is 2.86 bits per heavy atom. The predicted octanol–water partition coefficient (Wildman–Crippen LogP) is 2.39. The number of sulfonamides is 1. The molecule has 0 amide bonds. The number of pyridine rings is 1. The topological polar surface area (TPSA) is 76.3 Å². The van der Waals surface area contributed by atoms with Crippen molar-refractivity contribution in [1.29, 1.82) is 0 Å². The van der Waals surface area contributed by atoms with Gasteiger partial charge in [0.05, 0.1) is 15.4 Å². The van der Waals surface area contributed by atoms with Gasteiger partial charge >= 0.3 is 0 Å². The lowest BCUT2D eigenvalue weighted by Crippen LogP contribution is -2.48. The molecule has 7 heteroatoms. The van der Waals surface area contributed by atoms with Crippen LogP contribution in [0.3, 0.4) is 0 Å². The Morgan fingerprint density at radius 1 is 1.36 bits per heavy atom. The maximum absolute atomic E-state index is 13.0. The quantitative estimate of drug-likeness (QED) is 0.911. The zero-order valence-electron chi connectivity index (χ0n) is 12.2. The number of hydrogen-bond acceptors (Lipinski definition) is 4. The Labute approximate surface area is 135 Å². The molecule has 0 spiro atoms. The third-order valence-electron chi connectivity index (χ3n) is 4.12. The van der Waals surface area contributed by atoms with Crippen LogP contribution in [0.4, 0.5) is 0 Å². The molecule has 0 saturated carbocycles. The molecule has 0 radical (unpaired) electrons. The molecule has 1 fully saturated rings. The van der Waals surface area contributed by atoms with Crippen molar-refractivity contribution in [2.24, 2.45) is 5.73 Å². The zero-order valence-corrected chi connectivity index (χ0v) is 13.8. The first kappa shape index (κ1) is 15.7. The van der Waals surface area contributed by atoms with Crippen molar-refractivity contribution in [1.82, 2.24) is 9.29 Å². The molecule has 1 aromatic carbocycles. The fourth-order valence-corrected chi connectivity index (χ4v) is 5.06. The third kappa shape index (κ3) is 2.60. The van der Waals surface area contributed by atoms with Crippen LogP contribution in [0.5, 0.6) is 0 Å². The Kier molecular flexibility index (Phi) is 4.11. The number of nitrogens with zero attached hydrogens (tertiary/aromatic N) is 2. The molecule has 0 aliphatic carbocycles. The summed E-state index contributed by atoms with van der Waals surface area (Å²) in [5.41, 5.74) is 6.44. The Hall–Kier alpha value is -1.21. The summed E-state index contributed by atoms with van der Waals surface area (Å²) in [5.74, 6) is 0. The second-order valence-corrected chi connectivity index (χ2v) is 7.96. The molecule has 2 atom stereocenters. The SMILES string of the molecule is CC1CC(N)CCN1S(=O)(=O)c1ccc(Cl)c2ncccc12. The van der Waals surface area contributed by atoms with Gasteiger partial charge in [0.1, 0.15) is 0 Å². The molecule has 1 aromatic heterocycles. The van der Waals surface area contributed by atoms with Crippen LogP contribution < -0.4 is 5.73 Å². The van der Waals surface area contributed by atoms with Crippen LogP contribution >= 0.6 is 11.6 Å². The van der Waals surface area contributed by atoms with Crippen LogP contribution in [0, 0.1) is 0 Å². The van der Waals surface area contributed by atoms with Crippen molar-refractivity contribution in [3.05, 3.63) is 35.5 Å². The average molecular weight is 340 g/mol. The molecule has 1 aliphatic rings. The predicted molar refractivity (Wildman–Crippen MR) is 87.3 cm³/mol. The van der Waals surface area contributed by atoms with E-state index in [0.717, 1.165) is 0 Å². The summed E-state index contributed by atoms with van der Waals surface area (Å²) in [7, 11) is -3.60. The van der Waals surface area contributed by atoms with Crippen LogP contribution in [0.1, 0.15) is 19.8 Å². The Bertz CT molecular complexity index is 810. The molecule has 5 nitrogen and oxygen atoms in total. The van der Waals surface area contributed by atoms with E-state index in [0.29, 0.717) is 35.3 Å². The molecule has 2 N–H and O–H groups in total. The highest BCUT2D eigenvalue weighted by Crippen LogP contribution is 2.32. The summed E-state index contributed by atoms with van der Waals surface area (Å²) in [4.78, 5) is 4.45. The minimum atomic E-state index is -3.60. The third-order valence-corrected chi connectivity index (χ3v) is 6.50. The summed E-state index contributed by atoms with van der Waals surface area (Å²) >= 11 is 6.13. The standard InChI is InChI=1S/C15H18ClN3O2S/c1-10-9-11(17)6-8-19(10)22(20,21)14-5-4-13(16)15-12(14)3-2-7-18-15/h2-5,7,10-11H,6,8-9,17H2,1H3. The van der Waals surface area contributed by atoms with Gasteiger partial charge in [-0.15, -0.1) is 0 Å². The normalized spacial score (nSPS) is 23.8. The first-order valence-corrected chi connectivity index (χ1v) is 9.03. The summed E-state index contributed by atoms with van der Waals surface area (Å²) in [6.45, 7) is 2.34. The number of hydrogen-bond donors (Lipinski definition) is 1. The van der Waals surface area contributed by atoms with Gasteiger partial charge in [0, 0.05) is 30.2 Å². The summed E-state index contributed by atoms with van der Waals surface area (Å²) in [5, 5.41) is 1.00. The van der Waals surface area contributed by atoms with Crippen LogP contribution in [0.2, 0.25) is 5.02 Å². The van der Waals surface area contributed by atoms with Crippen LogP contribution in [-0.2, 0) is 10.0 Å². The van der Waals surface area contributed by atoms with Gasteiger partial charge in [0.2, 0.25) is 10.0 Å². The highest BCUT2D eigenvalue weighted by Gasteiger charge is 2.34. The lowest BCUT2D eigenvalue weighted by atomic mass is 10.0. The number of rotatable bonds is 2. The highest BCUT2D eigenvalue weighted by molar-refractivity contribution is 7.89. The number of fused-ring (bicyclic) bond motifs is 1. The van der Waals surface area contributed by atoms with Gasteiger partial charge in [0.25, 0.3) is 0 Å². The van der Waals surface area contributed by atoms with E-state index in [9.17, 15) is 8.42 Å². The number of piperidine rings is 1. The van der Waals surface area contributed by atoms with Crippen molar-refractivity contribution in [2.45, 2.75) is 36.7 Å². The fraction of sp³-hybridized carbons (Fsp3) is 0.400. The van der Waals surface area contributed by atoms with Gasteiger partial charge in [-0.25, -0.2) is 8.42 Å². The van der Waals surface area contributed by atoms with Gasteiger partial charge in [-0.05, 0) is 44.0 Å². The molecule has 118 valence electrons. The van der Waals surface area contributed by atoms with E-state index in [1.54, 1.807) is 30.5 Å². The molecule has 2 heterocycles. The smallest absolute Gasteiger partial charge is 0.243 e. The van der Waals surface area contributed by atoms with Crippen molar-refractivity contribution in [3.63, 3.8) is 0 Å². The van der Waals surface area contributed by atoms with E-state index in [2.05, 4.69) is 4.98 Å². The summed E-state index contributed by atoms with van der Waals surface area (Å²) < 4.78 is 27.6. The van der Waals surface area contributed by atoms with Gasteiger partial charge in [-0.2, -0.15) is 4.31 Å². The first-order valence-electron chi connectivity index (χ1n) is 7.22. The number of aromatic nitrogens is 1. The maximum atomic E-state index is 13.0. The monoisotopic (exact) mass is 339 g/mol. The Balaban J connectivity index is 2.12. The van der Waals surface area contributed by atoms with Gasteiger partial charge in [-0.3, -0.25) is 4.98 Å². The van der Waals surface area contributed by atoms with Crippen LogP contribution in [0.15, 0.2) is 35.4 Å². The summed E-state index contributed by atoms with van der Waals surface area (Å²) in [6.07, 6.45) is 2.95. The van der Waals surface area contributed by atoms with E-state index in [-0.39, 0.29) is 17.0 Å². The molecule has 1 aliphatic heterocycles. The molecule has 2 aromatic rings. The van der Waals surface area contributed by atoms with Gasteiger partial charge < -0.3 is 5.73 Å². The lowest BCUT2D eigenvalue weighted by Gasteiger charge is -2.35. The van der Waals surface area contributed by atoms with Crippen LogP contribution in [-0.4, -0.2) is 36.3 Å². The molecule has 0 bridgehead atoms. The average Bonchev–Trinajstić information content (AvgIpc) is 2.47. The Morgan fingerprint density at radius 2 is 2.14 bits per heavy atom. The second kappa shape index (κ2) is 5.77. The lowest BCUT2D eigenvalue weighted by molar-refractivity contribution is 0.247. The zero-order chi connectivity index (χ0) is 15.9. The van der Waals surface area contributed by atoms with E-state index >= 15 is 0 Å². The highest BCUT2D eigenvalue weighted by atomic mass is 35.5. The van der Waals surface area contributed by atoms with E-state index in [1.165, 1.54) is 4.31 Å². The first-order chi connectivity index (χ1) is 10.4. The van der Waals surface area contributed by atoms with Crippen molar-refractivity contribution >= 4 is 32.5 Å². The second-order valence-electron chi connectivity index (χ2n) is 5.69. The van der Waals surface area contributed by atoms with E-state index in [1.807, 2.05) is 6.92 Å². The molecular formula is C15H18ClN3O2S.